The molecule has 0 N–H and O–H groups in total. The molecule has 0 radical (unpaired) electrons. The minimum absolute atomic E-state index is 0.0820. The van der Waals surface area contributed by atoms with Gasteiger partial charge in [0.25, 0.3) is 0 Å². The molecule has 0 saturated carbocycles. The van der Waals surface area contributed by atoms with Crippen LogP contribution in [-0.4, -0.2) is 37.2 Å². The molecule has 0 heterocycles. The smallest absolute Gasteiger partial charge is 0.306 e. The van der Waals surface area contributed by atoms with E-state index in [2.05, 4.69) is 106 Å². The van der Waals surface area contributed by atoms with E-state index in [9.17, 15) is 14.4 Å². The predicted octanol–water partition coefficient (Wildman–Crippen LogP) is 21.1. The minimum atomic E-state index is -0.785. The van der Waals surface area contributed by atoms with Crippen molar-refractivity contribution in [2.24, 2.45) is 0 Å². The minimum Gasteiger partial charge on any atom is -0.462 e. The molecule has 0 rings (SSSR count). The molecule has 420 valence electrons. The third kappa shape index (κ3) is 59.3. The molecule has 1 unspecified atom stereocenters. The second-order valence-electron chi connectivity index (χ2n) is 20.6. The van der Waals surface area contributed by atoms with Gasteiger partial charge in [0.05, 0.1) is 0 Å². The van der Waals surface area contributed by atoms with Crippen LogP contribution in [0.25, 0.3) is 0 Å². The lowest BCUT2D eigenvalue weighted by Crippen LogP contribution is -2.30. The van der Waals surface area contributed by atoms with E-state index in [0.717, 1.165) is 96.3 Å². The van der Waals surface area contributed by atoms with Gasteiger partial charge in [0, 0.05) is 19.3 Å². The maximum absolute atomic E-state index is 12.9. The molecule has 0 bridgehead atoms. The van der Waals surface area contributed by atoms with Crippen LogP contribution in [-0.2, 0) is 28.6 Å². The fourth-order valence-electron chi connectivity index (χ4n) is 8.69. The highest BCUT2D eigenvalue weighted by molar-refractivity contribution is 5.71. The Kier molecular flexibility index (Phi) is 58.3. The summed E-state index contributed by atoms with van der Waals surface area (Å²) >= 11 is 0. The van der Waals surface area contributed by atoms with Crippen LogP contribution >= 0.6 is 0 Å². The molecule has 0 aromatic heterocycles. The Morgan fingerprint density at radius 2 is 0.534 bits per heavy atom. The highest BCUT2D eigenvalue weighted by atomic mass is 16.6. The molecule has 0 aromatic rings. The van der Waals surface area contributed by atoms with Crippen LogP contribution in [0.1, 0.15) is 303 Å². The summed E-state index contributed by atoms with van der Waals surface area (Å²) in [4.78, 5) is 38.3. The number of rotatable bonds is 56. The predicted molar refractivity (Wildman–Crippen MR) is 316 cm³/mol. The third-order valence-corrected chi connectivity index (χ3v) is 13.4. The zero-order chi connectivity index (χ0) is 52.9. The van der Waals surface area contributed by atoms with E-state index < -0.39 is 6.10 Å². The molecule has 6 heteroatoms. The Morgan fingerprint density at radius 1 is 0.288 bits per heavy atom. The Labute approximate surface area is 452 Å². The van der Waals surface area contributed by atoms with Crippen LogP contribution in [0, 0.1) is 0 Å². The first-order valence-corrected chi connectivity index (χ1v) is 31.1. The van der Waals surface area contributed by atoms with Gasteiger partial charge in [0.2, 0.25) is 0 Å². The Bertz CT molecular complexity index is 1400. The van der Waals surface area contributed by atoms with Crippen LogP contribution in [0.15, 0.2) is 85.1 Å². The van der Waals surface area contributed by atoms with Crippen molar-refractivity contribution in [1.82, 2.24) is 0 Å². The lowest BCUT2D eigenvalue weighted by Gasteiger charge is -2.18. The van der Waals surface area contributed by atoms with Crippen LogP contribution in [0.3, 0.4) is 0 Å². The van der Waals surface area contributed by atoms with E-state index in [1.807, 2.05) is 0 Å². The summed E-state index contributed by atoms with van der Waals surface area (Å²) in [6, 6.07) is 0. The van der Waals surface area contributed by atoms with Crippen molar-refractivity contribution in [1.29, 1.82) is 0 Å². The highest BCUT2D eigenvalue weighted by Gasteiger charge is 2.19. The summed E-state index contributed by atoms with van der Waals surface area (Å²) in [7, 11) is 0. The van der Waals surface area contributed by atoms with Crippen LogP contribution in [0.5, 0.6) is 0 Å². The van der Waals surface area contributed by atoms with Crippen molar-refractivity contribution in [2.45, 2.75) is 309 Å². The molecule has 0 aliphatic heterocycles. The van der Waals surface area contributed by atoms with Crippen molar-refractivity contribution in [3.05, 3.63) is 85.1 Å². The monoisotopic (exact) mass is 1020 g/mol. The van der Waals surface area contributed by atoms with E-state index in [0.29, 0.717) is 19.3 Å². The number of allylic oxidation sites excluding steroid dienone is 14. The maximum Gasteiger partial charge on any atom is 0.306 e. The van der Waals surface area contributed by atoms with Crippen LogP contribution in [0.2, 0.25) is 0 Å². The first-order chi connectivity index (χ1) is 36.0. The van der Waals surface area contributed by atoms with Gasteiger partial charge < -0.3 is 14.2 Å². The lowest BCUT2D eigenvalue weighted by atomic mass is 10.1. The zero-order valence-electron chi connectivity index (χ0n) is 48.1. The van der Waals surface area contributed by atoms with Crippen LogP contribution in [0.4, 0.5) is 0 Å². The molecule has 0 aromatic carbocycles. The van der Waals surface area contributed by atoms with Crippen molar-refractivity contribution < 1.29 is 28.6 Å². The quantitative estimate of drug-likeness (QED) is 0.0261. The van der Waals surface area contributed by atoms with Gasteiger partial charge in [-0.05, 0) is 116 Å². The zero-order valence-corrected chi connectivity index (χ0v) is 48.1. The van der Waals surface area contributed by atoms with E-state index in [1.54, 1.807) is 0 Å². The lowest BCUT2D eigenvalue weighted by molar-refractivity contribution is -0.167. The highest BCUT2D eigenvalue weighted by Crippen LogP contribution is 2.16. The Morgan fingerprint density at radius 3 is 0.877 bits per heavy atom. The second kappa shape index (κ2) is 61.1. The van der Waals surface area contributed by atoms with Crippen LogP contribution < -0.4 is 0 Å². The topological polar surface area (TPSA) is 78.9 Å². The normalized spacial score (nSPS) is 12.6. The summed E-state index contributed by atoms with van der Waals surface area (Å²) < 4.78 is 16.9. The second-order valence-corrected chi connectivity index (χ2v) is 20.6. The van der Waals surface area contributed by atoms with Gasteiger partial charge in [0.15, 0.2) is 6.10 Å². The first kappa shape index (κ1) is 69.6. The maximum atomic E-state index is 12.9. The van der Waals surface area contributed by atoms with Gasteiger partial charge in [0.1, 0.15) is 13.2 Å². The van der Waals surface area contributed by atoms with E-state index >= 15 is 0 Å². The summed E-state index contributed by atoms with van der Waals surface area (Å²) in [5.41, 5.74) is 0. The Balaban J connectivity index is 4.34. The van der Waals surface area contributed by atoms with E-state index in [1.165, 1.54) is 167 Å². The Hall–Kier alpha value is -3.41. The third-order valence-electron chi connectivity index (χ3n) is 13.4. The summed E-state index contributed by atoms with van der Waals surface area (Å²) in [5, 5.41) is 0. The van der Waals surface area contributed by atoms with Gasteiger partial charge in [-0.1, -0.05) is 254 Å². The standard InChI is InChI=1S/C67H116O6/c1-4-7-10-13-16-19-22-25-27-29-31-32-33-34-36-37-39-42-45-48-51-54-57-60-66(69)72-63-64(62-71-65(68)59-56-53-50-47-44-41-24-21-18-15-12-9-6-3)73-67(70)61-58-55-52-49-46-43-40-38-35-30-28-26-23-20-17-14-11-8-5-2/h7,10,16-17,19-21,24-28,31-32,64H,4-6,8-9,11-15,18,22-23,29-30,33-63H2,1-3H3/b10-7-,19-16-,20-17-,24-21-,27-25-,28-26-,32-31-. The number of esters is 3. The molecular weight excluding hydrogens is 901 g/mol. The van der Waals surface area contributed by atoms with Gasteiger partial charge in [-0.25, -0.2) is 0 Å². The van der Waals surface area contributed by atoms with Crippen molar-refractivity contribution >= 4 is 17.9 Å². The fourth-order valence-corrected chi connectivity index (χ4v) is 8.69. The van der Waals surface area contributed by atoms with E-state index in [4.69, 9.17) is 14.2 Å². The number of unbranched alkanes of at least 4 members (excludes halogenated alkanes) is 31. The van der Waals surface area contributed by atoms with Gasteiger partial charge >= 0.3 is 17.9 Å². The van der Waals surface area contributed by atoms with Gasteiger partial charge in [-0.15, -0.1) is 0 Å². The SMILES string of the molecule is CC/C=C\C/C=C\C/C=C\C/C=C\CCCCCCCCCCCCC(=O)OCC(COC(=O)CCCCCCC/C=C\CCCCCC)OC(=O)CCCCCCCCCCC/C=C\C/C=C\CCCCC. The summed E-state index contributed by atoms with van der Waals surface area (Å²) in [5.74, 6) is -0.889. The summed E-state index contributed by atoms with van der Waals surface area (Å²) in [6.45, 7) is 6.50. The number of hydrogen-bond acceptors (Lipinski definition) is 6. The molecule has 1 atom stereocenters. The van der Waals surface area contributed by atoms with Crippen molar-refractivity contribution in [3.8, 4) is 0 Å². The molecule has 0 amide bonds. The molecule has 0 saturated heterocycles. The summed E-state index contributed by atoms with van der Waals surface area (Å²) in [6.07, 6.45) is 80.0. The first-order valence-electron chi connectivity index (χ1n) is 31.1. The molecule has 0 aliphatic carbocycles. The average Bonchev–Trinajstić information content (AvgIpc) is 3.39. The number of ether oxygens (including phenoxy) is 3. The van der Waals surface area contributed by atoms with Crippen molar-refractivity contribution in [3.63, 3.8) is 0 Å². The van der Waals surface area contributed by atoms with Gasteiger partial charge in [-0.3, -0.25) is 14.4 Å². The number of carbonyl (C=O) groups excluding carboxylic acids is 3. The molecule has 0 aliphatic rings. The largest absolute Gasteiger partial charge is 0.462 e. The van der Waals surface area contributed by atoms with Gasteiger partial charge in [-0.2, -0.15) is 0 Å². The number of hydrogen-bond donors (Lipinski definition) is 0. The molecule has 73 heavy (non-hydrogen) atoms. The van der Waals surface area contributed by atoms with E-state index in [-0.39, 0.29) is 31.1 Å². The fraction of sp³-hybridized carbons (Fsp3) is 0.746. The molecular formula is C67H116O6. The molecule has 0 fully saturated rings. The number of carbonyl (C=O) groups is 3. The molecule has 0 spiro atoms. The molecule has 6 nitrogen and oxygen atoms in total. The average molecular weight is 1020 g/mol. The van der Waals surface area contributed by atoms with Crippen molar-refractivity contribution in [2.75, 3.05) is 13.2 Å².